The summed E-state index contributed by atoms with van der Waals surface area (Å²) in [6.07, 6.45) is 7.20. The number of benzene rings is 1. The summed E-state index contributed by atoms with van der Waals surface area (Å²) >= 11 is 0. The molecule has 4 heteroatoms. The van der Waals surface area contributed by atoms with Gasteiger partial charge in [-0.2, -0.15) is 0 Å². The fourth-order valence-electron chi connectivity index (χ4n) is 3.76. The maximum absolute atomic E-state index is 4.95. The van der Waals surface area contributed by atoms with Crippen LogP contribution in [0.5, 0.6) is 0 Å². The molecule has 2 aliphatic rings. The summed E-state index contributed by atoms with van der Waals surface area (Å²) in [5.74, 6) is 1.10. The molecule has 3 rings (SSSR count). The fraction of sp³-hybridized carbons (Fsp3) is 0.571. The zero-order valence-corrected chi connectivity index (χ0v) is 15.7. The number of rotatable bonds is 4. The summed E-state index contributed by atoms with van der Waals surface area (Å²) in [6, 6.07) is 11.3. The first-order valence-electron chi connectivity index (χ1n) is 9.74. The highest BCUT2D eigenvalue weighted by Crippen LogP contribution is 2.20. The first-order valence-corrected chi connectivity index (χ1v) is 9.74. The van der Waals surface area contributed by atoms with E-state index in [2.05, 4.69) is 65.5 Å². The molecule has 1 unspecified atom stereocenters. The Bertz CT molecular complexity index is 583. The van der Waals surface area contributed by atoms with Gasteiger partial charge >= 0.3 is 0 Å². The Labute approximate surface area is 152 Å². The van der Waals surface area contributed by atoms with Gasteiger partial charge in [-0.15, -0.1) is 0 Å². The van der Waals surface area contributed by atoms with Gasteiger partial charge in [-0.3, -0.25) is 4.99 Å². The van der Waals surface area contributed by atoms with Crippen LogP contribution in [0.1, 0.15) is 38.2 Å². The highest BCUT2D eigenvalue weighted by molar-refractivity contribution is 5.80. The molecule has 0 bridgehead atoms. The molecule has 0 radical (unpaired) electrons. The van der Waals surface area contributed by atoms with Crippen LogP contribution in [0, 0.1) is 0 Å². The summed E-state index contributed by atoms with van der Waals surface area (Å²) in [4.78, 5) is 9.83. The first-order chi connectivity index (χ1) is 12.3. The lowest BCUT2D eigenvalue weighted by atomic mass is 10.0. The molecule has 0 spiro atoms. The van der Waals surface area contributed by atoms with Crippen molar-refractivity contribution in [3.63, 3.8) is 0 Å². The third kappa shape index (κ3) is 5.08. The van der Waals surface area contributed by atoms with Crippen LogP contribution < -0.4 is 5.32 Å². The van der Waals surface area contributed by atoms with Gasteiger partial charge in [0.05, 0.1) is 6.54 Å². The van der Waals surface area contributed by atoms with Gasteiger partial charge in [0.25, 0.3) is 0 Å². The van der Waals surface area contributed by atoms with Crippen molar-refractivity contribution in [2.45, 2.75) is 38.6 Å². The topological polar surface area (TPSA) is 30.9 Å². The van der Waals surface area contributed by atoms with Gasteiger partial charge in [-0.25, -0.2) is 0 Å². The van der Waals surface area contributed by atoms with Gasteiger partial charge in [0.1, 0.15) is 0 Å². The van der Waals surface area contributed by atoms with E-state index >= 15 is 0 Å². The standard InChI is InChI=1S/C21H32N4/c1-3-22-21(23-17-20-10-7-13-24(20)2)25-14-11-19(12-15-25)16-18-8-5-4-6-9-18/h4-6,8-9,16,20H,3,7,10-15,17H2,1-2H3,(H,22,23). The molecule has 0 amide bonds. The molecule has 1 N–H and O–H groups in total. The Balaban J connectivity index is 1.57. The van der Waals surface area contributed by atoms with Crippen molar-refractivity contribution in [1.29, 1.82) is 0 Å². The molecule has 2 heterocycles. The first kappa shape index (κ1) is 18.0. The van der Waals surface area contributed by atoms with Crippen molar-refractivity contribution in [3.05, 3.63) is 41.5 Å². The number of likely N-dealkylation sites (tertiary alicyclic amines) is 2. The third-order valence-corrected chi connectivity index (χ3v) is 5.33. The number of aliphatic imine (C=N–C) groups is 1. The highest BCUT2D eigenvalue weighted by atomic mass is 15.3. The number of guanidine groups is 1. The second-order valence-corrected chi connectivity index (χ2v) is 7.17. The van der Waals surface area contributed by atoms with Gasteiger partial charge in [-0.05, 0) is 51.8 Å². The molecular weight excluding hydrogens is 308 g/mol. The summed E-state index contributed by atoms with van der Waals surface area (Å²) in [7, 11) is 2.22. The van der Waals surface area contributed by atoms with Crippen molar-refractivity contribution in [1.82, 2.24) is 15.1 Å². The van der Waals surface area contributed by atoms with E-state index in [1.165, 1.54) is 24.9 Å². The van der Waals surface area contributed by atoms with Crippen molar-refractivity contribution < 1.29 is 0 Å². The molecule has 136 valence electrons. The summed E-state index contributed by atoms with van der Waals surface area (Å²) in [6.45, 7) is 7.34. The number of nitrogens with zero attached hydrogens (tertiary/aromatic N) is 3. The van der Waals surface area contributed by atoms with Gasteiger partial charge in [0.15, 0.2) is 5.96 Å². The molecule has 0 saturated carbocycles. The molecule has 0 aliphatic carbocycles. The minimum Gasteiger partial charge on any atom is -0.357 e. The maximum atomic E-state index is 4.95. The van der Waals surface area contributed by atoms with E-state index < -0.39 is 0 Å². The Morgan fingerprint density at radius 2 is 1.96 bits per heavy atom. The van der Waals surface area contributed by atoms with Crippen LogP contribution in [0.3, 0.4) is 0 Å². The van der Waals surface area contributed by atoms with Crippen LogP contribution in [0.4, 0.5) is 0 Å². The molecular formula is C21H32N4. The van der Waals surface area contributed by atoms with Crippen molar-refractivity contribution in [2.75, 3.05) is 39.8 Å². The lowest BCUT2D eigenvalue weighted by Crippen LogP contribution is -2.45. The molecule has 2 aliphatic heterocycles. The Kier molecular flexibility index (Phi) is 6.51. The summed E-state index contributed by atoms with van der Waals surface area (Å²) in [5, 5.41) is 3.49. The average Bonchev–Trinajstić information content (AvgIpc) is 3.05. The molecule has 2 saturated heterocycles. The van der Waals surface area contributed by atoms with Crippen LogP contribution in [-0.2, 0) is 0 Å². The molecule has 4 nitrogen and oxygen atoms in total. The van der Waals surface area contributed by atoms with Crippen LogP contribution in [0.25, 0.3) is 6.08 Å². The van der Waals surface area contributed by atoms with E-state index in [4.69, 9.17) is 4.99 Å². The Hall–Kier alpha value is -1.81. The molecule has 0 aromatic heterocycles. The van der Waals surface area contributed by atoms with Gasteiger partial charge in [0, 0.05) is 25.7 Å². The largest absolute Gasteiger partial charge is 0.357 e. The van der Waals surface area contributed by atoms with Crippen LogP contribution >= 0.6 is 0 Å². The van der Waals surface area contributed by atoms with E-state index in [1.807, 2.05) is 0 Å². The van der Waals surface area contributed by atoms with E-state index in [1.54, 1.807) is 5.57 Å². The number of piperidine rings is 1. The number of hydrogen-bond acceptors (Lipinski definition) is 2. The number of hydrogen-bond donors (Lipinski definition) is 1. The molecule has 25 heavy (non-hydrogen) atoms. The maximum Gasteiger partial charge on any atom is 0.193 e. The van der Waals surface area contributed by atoms with Gasteiger partial charge in [-0.1, -0.05) is 42.0 Å². The van der Waals surface area contributed by atoms with E-state index in [9.17, 15) is 0 Å². The quantitative estimate of drug-likeness (QED) is 0.674. The van der Waals surface area contributed by atoms with Crippen LogP contribution in [0.2, 0.25) is 0 Å². The average molecular weight is 341 g/mol. The Morgan fingerprint density at radius 1 is 1.20 bits per heavy atom. The monoisotopic (exact) mass is 340 g/mol. The fourth-order valence-corrected chi connectivity index (χ4v) is 3.76. The smallest absolute Gasteiger partial charge is 0.193 e. The van der Waals surface area contributed by atoms with Crippen LogP contribution in [-0.4, -0.2) is 61.6 Å². The second-order valence-electron chi connectivity index (χ2n) is 7.17. The van der Waals surface area contributed by atoms with E-state index in [0.717, 1.165) is 45.0 Å². The van der Waals surface area contributed by atoms with Crippen molar-refractivity contribution in [2.24, 2.45) is 4.99 Å². The Morgan fingerprint density at radius 3 is 2.60 bits per heavy atom. The van der Waals surface area contributed by atoms with Gasteiger partial charge < -0.3 is 15.1 Å². The minimum absolute atomic E-state index is 0.618. The molecule has 2 fully saturated rings. The zero-order valence-electron chi connectivity index (χ0n) is 15.7. The zero-order chi connectivity index (χ0) is 17.5. The lowest BCUT2D eigenvalue weighted by molar-refractivity contribution is 0.314. The van der Waals surface area contributed by atoms with Crippen LogP contribution in [0.15, 0.2) is 40.9 Å². The van der Waals surface area contributed by atoms with E-state index in [-0.39, 0.29) is 0 Å². The summed E-state index contributed by atoms with van der Waals surface area (Å²) < 4.78 is 0. The predicted molar refractivity (Wildman–Crippen MR) is 107 cm³/mol. The molecule has 1 aromatic carbocycles. The summed E-state index contributed by atoms with van der Waals surface area (Å²) in [5.41, 5.74) is 2.87. The second kappa shape index (κ2) is 9.04. The molecule has 1 atom stereocenters. The highest BCUT2D eigenvalue weighted by Gasteiger charge is 2.22. The molecule has 1 aromatic rings. The minimum atomic E-state index is 0.618. The van der Waals surface area contributed by atoms with Gasteiger partial charge in [0.2, 0.25) is 0 Å². The number of nitrogens with one attached hydrogen (secondary N) is 1. The van der Waals surface area contributed by atoms with Crippen molar-refractivity contribution in [3.8, 4) is 0 Å². The number of likely N-dealkylation sites (N-methyl/N-ethyl adjacent to an activating group) is 1. The van der Waals surface area contributed by atoms with Crippen molar-refractivity contribution >= 4 is 12.0 Å². The third-order valence-electron chi connectivity index (χ3n) is 5.33. The normalized spacial score (nSPS) is 22.3. The predicted octanol–water partition coefficient (Wildman–Crippen LogP) is 3.23. The van der Waals surface area contributed by atoms with E-state index in [0.29, 0.717) is 6.04 Å². The lowest BCUT2D eigenvalue weighted by Gasteiger charge is -2.32. The SMILES string of the molecule is CCNC(=NCC1CCCN1C)N1CCC(=Cc2ccccc2)CC1.